The molecule has 0 unspecified atom stereocenters. The van der Waals surface area contributed by atoms with E-state index in [9.17, 15) is 9.59 Å². The summed E-state index contributed by atoms with van der Waals surface area (Å²) in [5.74, 6) is -0.105. The molecule has 1 N–H and O–H groups in total. The molecule has 1 spiro atoms. The van der Waals surface area contributed by atoms with Gasteiger partial charge >= 0.3 is 6.09 Å². The SMILES string of the molecule is CC(C)(C)OC(=O)N1CCOC2(C1)CN(C(=O)c1ccn[nH]1)C2. The van der Waals surface area contributed by atoms with Gasteiger partial charge in [-0.25, -0.2) is 4.79 Å². The summed E-state index contributed by atoms with van der Waals surface area (Å²) >= 11 is 0. The molecule has 0 saturated carbocycles. The Kier molecular flexibility index (Phi) is 3.79. The summed E-state index contributed by atoms with van der Waals surface area (Å²) in [7, 11) is 0. The van der Waals surface area contributed by atoms with E-state index in [4.69, 9.17) is 9.47 Å². The molecule has 0 atom stereocenters. The monoisotopic (exact) mass is 322 g/mol. The van der Waals surface area contributed by atoms with Gasteiger partial charge in [-0.3, -0.25) is 9.89 Å². The maximum Gasteiger partial charge on any atom is 0.410 e. The molecule has 1 aromatic rings. The average Bonchev–Trinajstić information content (AvgIpc) is 2.96. The number of aromatic nitrogens is 2. The number of H-pyrrole nitrogens is 1. The van der Waals surface area contributed by atoms with Crippen LogP contribution in [0.3, 0.4) is 0 Å². The first-order chi connectivity index (χ1) is 10.8. The molecule has 2 aliphatic rings. The van der Waals surface area contributed by atoms with Gasteiger partial charge in [-0.15, -0.1) is 0 Å². The highest BCUT2D eigenvalue weighted by Gasteiger charge is 2.50. The molecule has 2 amide bonds. The first-order valence-corrected chi connectivity index (χ1v) is 7.69. The topological polar surface area (TPSA) is 87.8 Å². The van der Waals surface area contributed by atoms with E-state index in [1.807, 2.05) is 20.8 Å². The number of nitrogens with one attached hydrogen (secondary N) is 1. The lowest BCUT2D eigenvalue weighted by Gasteiger charge is -2.53. The van der Waals surface area contributed by atoms with Crippen molar-refractivity contribution in [1.82, 2.24) is 20.0 Å². The van der Waals surface area contributed by atoms with Gasteiger partial charge in [0.05, 0.1) is 26.2 Å². The van der Waals surface area contributed by atoms with E-state index in [1.165, 1.54) is 0 Å². The van der Waals surface area contributed by atoms with Crippen LogP contribution in [0.1, 0.15) is 31.3 Å². The van der Waals surface area contributed by atoms with Gasteiger partial charge in [-0.2, -0.15) is 5.10 Å². The standard InChI is InChI=1S/C15H22N4O4/c1-14(2,3)23-13(21)18-6-7-22-15(8-18)9-19(10-15)12(20)11-4-5-16-17-11/h4-5H,6-10H2,1-3H3,(H,16,17). The molecule has 0 aromatic carbocycles. The first kappa shape index (κ1) is 15.8. The Morgan fingerprint density at radius 3 is 2.61 bits per heavy atom. The van der Waals surface area contributed by atoms with Crippen molar-refractivity contribution in [3.05, 3.63) is 18.0 Å². The molecule has 0 aliphatic carbocycles. The number of morpholine rings is 1. The quantitative estimate of drug-likeness (QED) is 0.829. The second-order valence-electron chi connectivity index (χ2n) is 7.06. The lowest BCUT2D eigenvalue weighted by atomic mass is 9.91. The minimum absolute atomic E-state index is 0.105. The molecule has 2 aliphatic heterocycles. The fourth-order valence-corrected chi connectivity index (χ4v) is 2.86. The number of carbonyl (C=O) groups excluding carboxylic acids is 2. The van der Waals surface area contributed by atoms with E-state index in [-0.39, 0.29) is 12.0 Å². The highest BCUT2D eigenvalue weighted by molar-refractivity contribution is 5.93. The largest absolute Gasteiger partial charge is 0.444 e. The van der Waals surface area contributed by atoms with Crippen LogP contribution in [0.2, 0.25) is 0 Å². The second kappa shape index (κ2) is 5.52. The second-order valence-corrected chi connectivity index (χ2v) is 7.06. The Bertz CT molecular complexity index is 587. The highest BCUT2D eigenvalue weighted by atomic mass is 16.6. The zero-order valence-corrected chi connectivity index (χ0v) is 13.7. The fourth-order valence-electron chi connectivity index (χ4n) is 2.86. The number of ether oxygens (including phenoxy) is 2. The van der Waals surface area contributed by atoms with E-state index in [1.54, 1.807) is 22.1 Å². The summed E-state index contributed by atoms with van der Waals surface area (Å²) in [5, 5.41) is 6.45. The van der Waals surface area contributed by atoms with Crippen LogP contribution >= 0.6 is 0 Å². The highest BCUT2D eigenvalue weighted by Crippen LogP contribution is 2.30. The number of likely N-dealkylation sites (tertiary alicyclic amines) is 1. The predicted octanol–water partition coefficient (Wildman–Crippen LogP) is 0.872. The van der Waals surface area contributed by atoms with E-state index in [2.05, 4.69) is 10.2 Å². The fraction of sp³-hybridized carbons (Fsp3) is 0.667. The number of amides is 2. The van der Waals surface area contributed by atoms with Crippen LogP contribution in [-0.4, -0.2) is 76.0 Å². The molecule has 126 valence electrons. The van der Waals surface area contributed by atoms with Gasteiger partial charge in [0.25, 0.3) is 5.91 Å². The molecule has 8 heteroatoms. The number of hydrogen-bond acceptors (Lipinski definition) is 5. The molecule has 3 rings (SSSR count). The molecule has 23 heavy (non-hydrogen) atoms. The summed E-state index contributed by atoms with van der Waals surface area (Å²) in [6, 6.07) is 1.64. The average molecular weight is 322 g/mol. The van der Waals surface area contributed by atoms with Crippen molar-refractivity contribution in [1.29, 1.82) is 0 Å². The molecule has 3 heterocycles. The Morgan fingerprint density at radius 2 is 2.00 bits per heavy atom. The zero-order chi connectivity index (χ0) is 16.7. The van der Waals surface area contributed by atoms with Gasteiger partial charge in [-0.1, -0.05) is 0 Å². The summed E-state index contributed by atoms with van der Waals surface area (Å²) in [5.41, 5.74) is -0.546. The van der Waals surface area contributed by atoms with E-state index >= 15 is 0 Å². The number of nitrogens with zero attached hydrogens (tertiary/aromatic N) is 3. The van der Waals surface area contributed by atoms with Crippen LogP contribution in [0.25, 0.3) is 0 Å². The van der Waals surface area contributed by atoms with Crippen molar-refractivity contribution in [2.24, 2.45) is 0 Å². The molecular formula is C15H22N4O4. The zero-order valence-electron chi connectivity index (χ0n) is 13.7. The van der Waals surface area contributed by atoms with E-state index in [0.29, 0.717) is 38.5 Å². The van der Waals surface area contributed by atoms with E-state index in [0.717, 1.165) is 0 Å². The Hall–Kier alpha value is -2.09. The van der Waals surface area contributed by atoms with Crippen LogP contribution in [0.15, 0.2) is 12.3 Å². The van der Waals surface area contributed by atoms with Crippen LogP contribution in [0.4, 0.5) is 4.79 Å². The van der Waals surface area contributed by atoms with Crippen LogP contribution < -0.4 is 0 Å². The number of rotatable bonds is 1. The molecule has 2 saturated heterocycles. The summed E-state index contributed by atoms with van der Waals surface area (Å²) in [4.78, 5) is 27.8. The molecule has 8 nitrogen and oxygen atoms in total. The van der Waals surface area contributed by atoms with Crippen LogP contribution in [0, 0.1) is 0 Å². The Balaban J connectivity index is 1.58. The van der Waals surface area contributed by atoms with Crippen LogP contribution in [-0.2, 0) is 9.47 Å². The van der Waals surface area contributed by atoms with Gasteiger partial charge in [0.2, 0.25) is 0 Å². The van der Waals surface area contributed by atoms with Gasteiger partial charge in [0.15, 0.2) is 0 Å². The van der Waals surface area contributed by atoms with Crippen molar-refractivity contribution in [2.45, 2.75) is 32.0 Å². The number of hydrogen-bond donors (Lipinski definition) is 1. The summed E-state index contributed by atoms with van der Waals surface area (Å²) in [6.07, 6.45) is 1.21. The van der Waals surface area contributed by atoms with E-state index < -0.39 is 11.2 Å². The van der Waals surface area contributed by atoms with Gasteiger partial charge < -0.3 is 19.3 Å². The Morgan fingerprint density at radius 1 is 1.30 bits per heavy atom. The number of carbonyl (C=O) groups is 2. The van der Waals surface area contributed by atoms with Crippen LogP contribution in [0.5, 0.6) is 0 Å². The maximum atomic E-state index is 12.2. The third-order valence-corrected chi connectivity index (χ3v) is 3.88. The molecule has 1 aromatic heterocycles. The van der Waals surface area contributed by atoms with Crippen molar-refractivity contribution in [3.8, 4) is 0 Å². The third-order valence-electron chi connectivity index (χ3n) is 3.88. The number of aromatic amines is 1. The first-order valence-electron chi connectivity index (χ1n) is 7.69. The van der Waals surface area contributed by atoms with Crippen molar-refractivity contribution in [3.63, 3.8) is 0 Å². The van der Waals surface area contributed by atoms with Gasteiger partial charge in [0.1, 0.15) is 16.9 Å². The van der Waals surface area contributed by atoms with Crippen molar-refractivity contribution >= 4 is 12.0 Å². The summed E-state index contributed by atoms with van der Waals surface area (Å²) < 4.78 is 11.3. The van der Waals surface area contributed by atoms with Gasteiger partial charge in [0, 0.05) is 12.7 Å². The molecule has 0 radical (unpaired) electrons. The molecule has 2 fully saturated rings. The minimum Gasteiger partial charge on any atom is -0.444 e. The normalized spacial score (nSPS) is 20.3. The predicted molar refractivity (Wildman–Crippen MR) is 81.0 cm³/mol. The Labute approximate surface area is 134 Å². The summed E-state index contributed by atoms with van der Waals surface area (Å²) in [6.45, 7) is 7.85. The van der Waals surface area contributed by atoms with Crippen molar-refractivity contribution in [2.75, 3.05) is 32.8 Å². The lowest BCUT2D eigenvalue weighted by molar-refractivity contribution is -0.168. The van der Waals surface area contributed by atoms with Crippen molar-refractivity contribution < 1.29 is 19.1 Å². The maximum absolute atomic E-state index is 12.2. The minimum atomic E-state index is -0.523. The smallest absolute Gasteiger partial charge is 0.410 e. The lowest BCUT2D eigenvalue weighted by Crippen LogP contribution is -2.71. The van der Waals surface area contributed by atoms with Gasteiger partial charge in [-0.05, 0) is 26.8 Å². The molecule has 0 bridgehead atoms. The molecular weight excluding hydrogens is 300 g/mol. The third kappa shape index (κ3) is 3.31.